The van der Waals surface area contributed by atoms with Crippen LogP contribution in [0.2, 0.25) is 0 Å². The van der Waals surface area contributed by atoms with Gasteiger partial charge in [0, 0.05) is 71.9 Å². The number of nitrogens with zero attached hydrogens (tertiary/aromatic N) is 5. The zero-order valence-electron chi connectivity index (χ0n) is 18.5. The molecule has 5 rings (SSSR count). The lowest BCUT2D eigenvalue weighted by atomic mass is 10.0. The number of carbonyl (C=O) groups excluding carboxylic acids is 1. The van der Waals surface area contributed by atoms with Crippen molar-refractivity contribution in [3.8, 4) is 33.6 Å². The summed E-state index contributed by atoms with van der Waals surface area (Å²) in [6.07, 6.45) is 7.66. The predicted molar refractivity (Wildman–Crippen MR) is 131 cm³/mol. The lowest BCUT2D eigenvalue weighted by Crippen LogP contribution is -2.16. The van der Waals surface area contributed by atoms with Gasteiger partial charge in [-0.05, 0) is 18.2 Å². The van der Waals surface area contributed by atoms with E-state index in [1.807, 2.05) is 56.0 Å². The average Bonchev–Trinajstić information content (AvgIpc) is 3.44. The Kier molecular flexibility index (Phi) is 5.38. The number of amides is 1. The van der Waals surface area contributed by atoms with Gasteiger partial charge in [-0.15, -0.1) is 0 Å². The van der Waals surface area contributed by atoms with Gasteiger partial charge in [-0.3, -0.25) is 9.48 Å². The Balaban J connectivity index is 1.56. The van der Waals surface area contributed by atoms with Gasteiger partial charge in [0.2, 0.25) is 11.9 Å². The molecule has 0 atom stereocenters. The maximum Gasteiger partial charge on any atom is 0.221 e. The van der Waals surface area contributed by atoms with E-state index in [0.29, 0.717) is 17.9 Å². The van der Waals surface area contributed by atoms with Crippen LogP contribution in [0.3, 0.4) is 0 Å². The Bertz CT molecular complexity index is 1500. The Morgan fingerprint density at radius 1 is 1.09 bits per heavy atom. The van der Waals surface area contributed by atoms with Crippen LogP contribution in [-0.2, 0) is 11.8 Å². The zero-order chi connectivity index (χ0) is 23.7. The third kappa shape index (κ3) is 4.16. The maximum absolute atomic E-state index is 11.1. The fourth-order valence-corrected chi connectivity index (χ4v) is 3.87. The first-order valence-electron chi connectivity index (χ1n) is 10.7. The van der Waals surface area contributed by atoms with Gasteiger partial charge in [0.05, 0.1) is 17.6 Å². The maximum atomic E-state index is 11.1. The molecule has 0 fully saturated rings. The Morgan fingerprint density at radius 2 is 1.88 bits per heavy atom. The van der Waals surface area contributed by atoms with E-state index in [1.165, 1.54) is 0 Å². The number of rotatable bonds is 7. The third-order valence-electron chi connectivity index (χ3n) is 5.48. The minimum absolute atomic E-state index is 0.158. The molecule has 4 aromatic heterocycles. The predicted octanol–water partition coefficient (Wildman–Crippen LogP) is 2.96. The fraction of sp³-hybridized carbons (Fsp3) is 0.125. The number of fused-ring (bicyclic) bond motifs is 1. The van der Waals surface area contributed by atoms with Crippen molar-refractivity contribution in [2.24, 2.45) is 12.8 Å². The molecule has 0 aliphatic rings. The van der Waals surface area contributed by atoms with E-state index in [4.69, 9.17) is 11.5 Å². The van der Waals surface area contributed by atoms with Crippen LogP contribution >= 0.6 is 0 Å². The number of benzene rings is 1. The molecule has 10 heteroatoms. The molecule has 0 saturated heterocycles. The first-order valence-corrected chi connectivity index (χ1v) is 10.7. The largest absolute Gasteiger partial charge is 0.384 e. The molecule has 34 heavy (non-hydrogen) atoms. The zero-order valence-corrected chi connectivity index (χ0v) is 18.5. The van der Waals surface area contributed by atoms with Crippen molar-refractivity contribution in [1.82, 2.24) is 29.7 Å². The second-order valence-electron chi connectivity index (χ2n) is 7.91. The molecular formula is C24H23N9O. The van der Waals surface area contributed by atoms with Crippen molar-refractivity contribution in [3.63, 3.8) is 0 Å². The van der Waals surface area contributed by atoms with Gasteiger partial charge >= 0.3 is 0 Å². The summed E-state index contributed by atoms with van der Waals surface area (Å²) in [5, 5.41) is 8.41. The number of aromatic amines is 1. The summed E-state index contributed by atoms with van der Waals surface area (Å²) in [6, 6.07) is 11.6. The quantitative estimate of drug-likeness (QED) is 0.295. The molecule has 0 spiro atoms. The van der Waals surface area contributed by atoms with Crippen molar-refractivity contribution >= 4 is 28.6 Å². The van der Waals surface area contributed by atoms with Gasteiger partial charge in [-0.25, -0.2) is 15.0 Å². The average molecular weight is 454 g/mol. The molecule has 0 saturated carbocycles. The standard InChI is InChI=1S/C24H23N9O/c1-33-13-15(11-30-33)14-8-17-18(12-29-23(17)28-10-14)21-9-20(31-24(26)32-21)16-4-2-3-5-19(16)27-7-6-22(25)34/h2-5,8-13,27H,6-7H2,1H3,(H2,25,34)(H,28,29)(H2,26,31,32). The van der Waals surface area contributed by atoms with Gasteiger partial charge in [0.25, 0.3) is 0 Å². The number of aryl methyl sites for hydroxylation is 1. The van der Waals surface area contributed by atoms with E-state index in [-0.39, 0.29) is 18.3 Å². The Morgan fingerprint density at radius 3 is 2.65 bits per heavy atom. The number of nitrogens with one attached hydrogen (secondary N) is 2. The minimum atomic E-state index is -0.364. The number of primary amides is 1. The van der Waals surface area contributed by atoms with E-state index < -0.39 is 0 Å². The van der Waals surface area contributed by atoms with Crippen molar-refractivity contribution in [3.05, 3.63) is 61.2 Å². The Hall–Kier alpha value is -4.73. The molecule has 4 heterocycles. The first-order chi connectivity index (χ1) is 16.5. The molecule has 170 valence electrons. The highest BCUT2D eigenvalue weighted by Crippen LogP contribution is 2.33. The van der Waals surface area contributed by atoms with Crippen molar-refractivity contribution < 1.29 is 4.79 Å². The number of anilines is 2. The molecule has 6 N–H and O–H groups in total. The van der Waals surface area contributed by atoms with E-state index in [0.717, 1.165) is 39.0 Å². The van der Waals surface area contributed by atoms with Crippen molar-refractivity contribution in [2.45, 2.75) is 6.42 Å². The molecule has 5 aromatic rings. The molecule has 0 unspecified atom stereocenters. The van der Waals surface area contributed by atoms with E-state index >= 15 is 0 Å². The summed E-state index contributed by atoms with van der Waals surface area (Å²) in [4.78, 5) is 27.9. The van der Waals surface area contributed by atoms with Crippen LogP contribution in [0.5, 0.6) is 0 Å². The molecule has 1 aromatic carbocycles. The SMILES string of the molecule is Cn1cc(-c2cnc3[nH]cc(-c4cc(-c5ccccc5NCCC(N)=O)nc(N)n4)c3c2)cn1. The summed E-state index contributed by atoms with van der Waals surface area (Å²) < 4.78 is 1.75. The first kappa shape index (κ1) is 21.1. The highest BCUT2D eigenvalue weighted by Gasteiger charge is 2.15. The number of hydrogen-bond acceptors (Lipinski definition) is 7. The second-order valence-corrected chi connectivity index (χ2v) is 7.91. The molecule has 0 aliphatic carbocycles. The summed E-state index contributed by atoms with van der Waals surface area (Å²) in [7, 11) is 1.88. The van der Waals surface area contributed by atoms with Gasteiger partial charge in [-0.2, -0.15) is 5.10 Å². The number of aromatic nitrogens is 6. The molecule has 0 aliphatic heterocycles. The number of para-hydroxylation sites is 1. The Labute approximate surface area is 195 Å². The van der Waals surface area contributed by atoms with Gasteiger partial charge in [0.1, 0.15) is 5.65 Å². The van der Waals surface area contributed by atoms with Crippen LogP contribution in [0.25, 0.3) is 44.7 Å². The lowest BCUT2D eigenvalue weighted by Gasteiger charge is -2.12. The van der Waals surface area contributed by atoms with Crippen LogP contribution in [0.1, 0.15) is 6.42 Å². The summed E-state index contributed by atoms with van der Waals surface area (Å²) in [5.74, 6) is -0.206. The van der Waals surface area contributed by atoms with Gasteiger partial charge < -0.3 is 21.8 Å². The number of H-pyrrole nitrogens is 1. The smallest absolute Gasteiger partial charge is 0.221 e. The number of nitrogen functional groups attached to an aromatic ring is 1. The van der Waals surface area contributed by atoms with Crippen LogP contribution in [0.15, 0.2) is 61.2 Å². The van der Waals surface area contributed by atoms with Gasteiger partial charge in [0.15, 0.2) is 0 Å². The van der Waals surface area contributed by atoms with E-state index in [1.54, 1.807) is 10.9 Å². The van der Waals surface area contributed by atoms with Crippen molar-refractivity contribution in [2.75, 3.05) is 17.6 Å². The lowest BCUT2D eigenvalue weighted by molar-refractivity contribution is -0.117. The number of nitrogens with two attached hydrogens (primary N) is 2. The number of carbonyl (C=O) groups is 1. The molecule has 0 bridgehead atoms. The molecule has 10 nitrogen and oxygen atoms in total. The highest BCUT2D eigenvalue weighted by atomic mass is 16.1. The normalized spacial score (nSPS) is 11.1. The summed E-state index contributed by atoms with van der Waals surface area (Å²) in [5.41, 5.74) is 17.9. The highest BCUT2D eigenvalue weighted by molar-refractivity contribution is 5.95. The number of pyridine rings is 1. The second kappa shape index (κ2) is 8.66. The van der Waals surface area contributed by atoms with Gasteiger partial charge in [-0.1, -0.05) is 18.2 Å². The molecular weight excluding hydrogens is 430 g/mol. The molecule has 1 amide bonds. The monoisotopic (exact) mass is 453 g/mol. The minimum Gasteiger partial charge on any atom is -0.384 e. The summed E-state index contributed by atoms with van der Waals surface area (Å²) in [6.45, 7) is 0.422. The van der Waals surface area contributed by atoms with Crippen LogP contribution in [0, 0.1) is 0 Å². The topological polar surface area (TPSA) is 153 Å². The third-order valence-corrected chi connectivity index (χ3v) is 5.48. The van der Waals surface area contributed by atoms with E-state index in [2.05, 4.69) is 36.4 Å². The summed E-state index contributed by atoms with van der Waals surface area (Å²) >= 11 is 0. The van der Waals surface area contributed by atoms with Crippen LogP contribution in [0.4, 0.5) is 11.6 Å². The van der Waals surface area contributed by atoms with Crippen LogP contribution < -0.4 is 16.8 Å². The number of hydrogen-bond donors (Lipinski definition) is 4. The van der Waals surface area contributed by atoms with E-state index in [9.17, 15) is 4.79 Å². The fourth-order valence-electron chi connectivity index (χ4n) is 3.87. The van der Waals surface area contributed by atoms with Crippen LogP contribution in [-0.4, -0.2) is 42.2 Å². The molecule has 0 radical (unpaired) electrons. The van der Waals surface area contributed by atoms with Crippen molar-refractivity contribution in [1.29, 1.82) is 0 Å².